The van der Waals surface area contributed by atoms with Gasteiger partial charge in [-0.3, -0.25) is 0 Å². The second-order valence-corrected chi connectivity index (χ2v) is 7.43. The van der Waals surface area contributed by atoms with Crippen molar-refractivity contribution in [2.45, 2.75) is 16.7 Å². The van der Waals surface area contributed by atoms with E-state index in [1.54, 1.807) is 31.4 Å². The first kappa shape index (κ1) is 21.4. The summed E-state index contributed by atoms with van der Waals surface area (Å²) in [6, 6.07) is 14.7. The van der Waals surface area contributed by atoms with Gasteiger partial charge in [0.05, 0.1) is 13.2 Å². The van der Waals surface area contributed by atoms with Crippen molar-refractivity contribution in [1.82, 2.24) is 10.2 Å². The normalized spacial score (nSPS) is 12.1. The molecule has 0 spiro atoms. The van der Waals surface area contributed by atoms with E-state index in [1.165, 1.54) is 0 Å². The van der Waals surface area contributed by atoms with Gasteiger partial charge in [-0.05, 0) is 56.6 Å². The van der Waals surface area contributed by atoms with Crippen LogP contribution in [0.2, 0.25) is 0 Å². The number of alkyl halides is 2. The van der Waals surface area contributed by atoms with Crippen molar-refractivity contribution in [2.24, 2.45) is 0 Å². The number of thiocarbonyl (C=S) groups is 1. The number of anilines is 1. The molecule has 2 rings (SSSR count). The second kappa shape index (κ2) is 10.4. The summed E-state index contributed by atoms with van der Waals surface area (Å²) < 4.78 is 30.2. The number of likely N-dealkylation sites (N-methyl/N-ethyl adjacent to an activating group) is 1. The van der Waals surface area contributed by atoms with Crippen LogP contribution in [0.5, 0.6) is 5.75 Å². The number of para-hydroxylation sites is 1. The highest BCUT2D eigenvalue weighted by atomic mass is 32.2. The van der Waals surface area contributed by atoms with E-state index in [1.807, 2.05) is 38.4 Å². The lowest BCUT2D eigenvalue weighted by molar-refractivity contribution is 0.252. The topological polar surface area (TPSA) is 36.5 Å². The average Bonchev–Trinajstić information content (AvgIpc) is 2.63. The summed E-state index contributed by atoms with van der Waals surface area (Å²) in [4.78, 5) is 2.60. The summed E-state index contributed by atoms with van der Waals surface area (Å²) in [5.74, 6) is -1.60. The third-order valence-corrected chi connectivity index (χ3v) is 4.88. The van der Waals surface area contributed by atoms with Crippen LogP contribution in [-0.4, -0.2) is 43.5 Å². The lowest BCUT2D eigenvalue weighted by atomic mass is 10.0. The van der Waals surface area contributed by atoms with Gasteiger partial charge >= 0.3 is 0 Å². The zero-order valence-corrected chi connectivity index (χ0v) is 17.0. The Kier molecular flexibility index (Phi) is 8.27. The van der Waals surface area contributed by atoms with E-state index in [4.69, 9.17) is 17.0 Å². The molecule has 2 aromatic carbocycles. The molecule has 8 heteroatoms. The molecule has 1 unspecified atom stereocenters. The predicted molar refractivity (Wildman–Crippen MR) is 112 cm³/mol. The number of nitrogens with zero attached hydrogens (tertiary/aromatic N) is 1. The summed E-state index contributed by atoms with van der Waals surface area (Å²) in [6.45, 7) is 0.582. The van der Waals surface area contributed by atoms with Crippen molar-refractivity contribution in [1.29, 1.82) is 0 Å². The van der Waals surface area contributed by atoms with E-state index in [9.17, 15) is 8.78 Å². The van der Waals surface area contributed by atoms with Gasteiger partial charge in [0.15, 0.2) is 5.11 Å². The lowest BCUT2D eigenvalue weighted by Crippen LogP contribution is -2.36. The number of hydrogen-bond donors (Lipinski definition) is 2. The minimum Gasteiger partial charge on any atom is -0.496 e. The highest BCUT2D eigenvalue weighted by Crippen LogP contribution is 2.28. The molecule has 1 atom stereocenters. The van der Waals surface area contributed by atoms with E-state index in [0.717, 1.165) is 17.0 Å². The molecule has 0 aliphatic rings. The average molecular weight is 412 g/mol. The molecule has 2 aromatic rings. The van der Waals surface area contributed by atoms with Gasteiger partial charge in [0.1, 0.15) is 5.75 Å². The molecular weight excluding hydrogens is 388 g/mol. The van der Waals surface area contributed by atoms with Crippen molar-refractivity contribution < 1.29 is 13.5 Å². The van der Waals surface area contributed by atoms with Crippen molar-refractivity contribution >= 4 is 34.8 Å². The zero-order valence-electron chi connectivity index (χ0n) is 15.4. The number of halogens is 2. The molecule has 0 aliphatic carbocycles. The number of methoxy groups -OCH3 is 1. The SMILES string of the molecule is COc1ccccc1C(CNC(=S)Nc1ccc(SC(F)F)cc1)N(C)C. The van der Waals surface area contributed by atoms with Crippen LogP contribution in [-0.2, 0) is 0 Å². The standard InChI is InChI=1S/C19H23F2N3OS2/c1-24(2)16(15-6-4-5-7-17(15)25-3)12-22-19(26)23-13-8-10-14(11-9-13)27-18(20)21/h4-11,16,18H,12H2,1-3H3,(H2,22,23,26). The summed E-state index contributed by atoms with van der Waals surface area (Å²) in [7, 11) is 5.64. The van der Waals surface area contributed by atoms with Crippen LogP contribution in [0, 0.1) is 0 Å². The lowest BCUT2D eigenvalue weighted by Gasteiger charge is -2.27. The minimum atomic E-state index is -2.43. The molecule has 0 heterocycles. The summed E-state index contributed by atoms with van der Waals surface area (Å²) in [6.07, 6.45) is 0. The summed E-state index contributed by atoms with van der Waals surface area (Å²) in [5.41, 5.74) is 1.80. The largest absolute Gasteiger partial charge is 0.496 e. The van der Waals surface area contributed by atoms with E-state index >= 15 is 0 Å². The molecule has 146 valence electrons. The van der Waals surface area contributed by atoms with Crippen LogP contribution in [0.25, 0.3) is 0 Å². The first-order chi connectivity index (χ1) is 12.9. The van der Waals surface area contributed by atoms with Gasteiger partial charge < -0.3 is 20.3 Å². The van der Waals surface area contributed by atoms with Gasteiger partial charge in [0, 0.05) is 22.7 Å². The second-order valence-electron chi connectivity index (χ2n) is 5.96. The van der Waals surface area contributed by atoms with Crippen molar-refractivity contribution in [2.75, 3.05) is 33.1 Å². The molecule has 2 N–H and O–H groups in total. The molecule has 0 bridgehead atoms. The summed E-state index contributed by atoms with van der Waals surface area (Å²) in [5, 5.41) is 6.74. The highest BCUT2D eigenvalue weighted by Gasteiger charge is 2.18. The van der Waals surface area contributed by atoms with Crippen molar-refractivity contribution in [3.63, 3.8) is 0 Å². The Morgan fingerprint density at radius 1 is 1.15 bits per heavy atom. The number of ether oxygens (including phenoxy) is 1. The highest BCUT2D eigenvalue weighted by molar-refractivity contribution is 7.99. The van der Waals surface area contributed by atoms with Gasteiger partial charge in [-0.15, -0.1) is 0 Å². The molecule has 27 heavy (non-hydrogen) atoms. The molecule has 0 aliphatic heterocycles. The molecular formula is C19H23F2N3OS2. The summed E-state index contributed by atoms with van der Waals surface area (Å²) >= 11 is 5.88. The fraction of sp³-hybridized carbons (Fsp3) is 0.316. The molecule has 0 aromatic heterocycles. The maximum absolute atomic E-state index is 12.4. The number of benzene rings is 2. The van der Waals surface area contributed by atoms with Crippen molar-refractivity contribution in [3.05, 3.63) is 54.1 Å². The molecule has 0 amide bonds. The van der Waals surface area contributed by atoms with E-state index in [0.29, 0.717) is 28.3 Å². The van der Waals surface area contributed by atoms with Crippen LogP contribution in [0.1, 0.15) is 11.6 Å². The molecule has 4 nitrogen and oxygen atoms in total. The van der Waals surface area contributed by atoms with E-state index in [-0.39, 0.29) is 6.04 Å². The first-order valence-electron chi connectivity index (χ1n) is 8.29. The number of nitrogens with one attached hydrogen (secondary N) is 2. The van der Waals surface area contributed by atoms with E-state index in [2.05, 4.69) is 15.5 Å². The van der Waals surface area contributed by atoms with E-state index < -0.39 is 5.76 Å². The number of rotatable bonds is 8. The van der Waals surface area contributed by atoms with Gasteiger partial charge in [0.25, 0.3) is 5.76 Å². The van der Waals surface area contributed by atoms with Crippen LogP contribution < -0.4 is 15.4 Å². The monoisotopic (exact) mass is 411 g/mol. The number of thioether (sulfide) groups is 1. The maximum Gasteiger partial charge on any atom is 0.288 e. The fourth-order valence-electron chi connectivity index (χ4n) is 2.60. The van der Waals surface area contributed by atoms with Gasteiger partial charge in [-0.2, -0.15) is 8.78 Å². The van der Waals surface area contributed by atoms with Gasteiger partial charge in [-0.1, -0.05) is 30.0 Å². The fourth-order valence-corrected chi connectivity index (χ4v) is 3.30. The van der Waals surface area contributed by atoms with Crippen molar-refractivity contribution in [3.8, 4) is 5.75 Å². The van der Waals surface area contributed by atoms with Crippen LogP contribution in [0.4, 0.5) is 14.5 Å². The third-order valence-electron chi connectivity index (χ3n) is 3.91. The van der Waals surface area contributed by atoms with Crippen LogP contribution >= 0.6 is 24.0 Å². The molecule has 0 fully saturated rings. The minimum absolute atomic E-state index is 0.0608. The Morgan fingerprint density at radius 3 is 2.41 bits per heavy atom. The molecule has 0 saturated carbocycles. The smallest absolute Gasteiger partial charge is 0.288 e. The zero-order chi connectivity index (χ0) is 19.8. The Morgan fingerprint density at radius 2 is 1.81 bits per heavy atom. The Hall–Kier alpha value is -1.90. The quantitative estimate of drug-likeness (QED) is 0.488. The maximum atomic E-state index is 12.4. The first-order valence-corrected chi connectivity index (χ1v) is 9.58. The Balaban J connectivity index is 1.96. The Bertz CT molecular complexity index is 742. The van der Waals surface area contributed by atoms with Crippen LogP contribution in [0.3, 0.4) is 0 Å². The third kappa shape index (κ3) is 6.64. The van der Waals surface area contributed by atoms with Gasteiger partial charge in [-0.25, -0.2) is 0 Å². The van der Waals surface area contributed by atoms with Crippen LogP contribution in [0.15, 0.2) is 53.4 Å². The predicted octanol–water partition coefficient (Wildman–Crippen LogP) is 4.60. The Labute approximate surface area is 168 Å². The number of hydrogen-bond acceptors (Lipinski definition) is 4. The molecule has 0 saturated heterocycles. The molecule has 0 radical (unpaired) electrons. The van der Waals surface area contributed by atoms with Gasteiger partial charge in [0.2, 0.25) is 0 Å².